The molecule has 1 N–H and O–H groups in total. The molecule has 1 aromatic carbocycles. The van der Waals surface area contributed by atoms with E-state index in [1.807, 2.05) is 18.2 Å². The molecule has 3 heteroatoms. The summed E-state index contributed by atoms with van der Waals surface area (Å²) in [6.07, 6.45) is 0.108. The van der Waals surface area contributed by atoms with Crippen molar-refractivity contribution in [3.05, 3.63) is 35.9 Å². The second-order valence-corrected chi connectivity index (χ2v) is 3.57. The standard InChI is InChI=1S/C13H21NO2/c1-3-14-11-13(16-10-9-15-2)12-7-5-4-6-8-12/h4-8,13-14H,3,9-11H2,1-2H3. The van der Waals surface area contributed by atoms with Crippen LogP contribution < -0.4 is 5.32 Å². The molecule has 90 valence electrons. The maximum absolute atomic E-state index is 5.78. The van der Waals surface area contributed by atoms with Crippen LogP contribution in [0.15, 0.2) is 30.3 Å². The Labute approximate surface area is 97.8 Å². The van der Waals surface area contributed by atoms with Crippen LogP contribution in [-0.2, 0) is 9.47 Å². The molecule has 0 amide bonds. The lowest BCUT2D eigenvalue weighted by molar-refractivity contribution is 0.0169. The lowest BCUT2D eigenvalue weighted by Gasteiger charge is -2.18. The van der Waals surface area contributed by atoms with E-state index in [4.69, 9.17) is 9.47 Å². The number of likely N-dealkylation sites (N-methyl/N-ethyl adjacent to an activating group) is 1. The van der Waals surface area contributed by atoms with Crippen LogP contribution in [0.2, 0.25) is 0 Å². The maximum atomic E-state index is 5.78. The van der Waals surface area contributed by atoms with Gasteiger partial charge in [0.05, 0.1) is 19.3 Å². The Morgan fingerprint density at radius 3 is 2.56 bits per heavy atom. The summed E-state index contributed by atoms with van der Waals surface area (Å²) >= 11 is 0. The van der Waals surface area contributed by atoms with Gasteiger partial charge in [0, 0.05) is 13.7 Å². The highest BCUT2D eigenvalue weighted by Crippen LogP contribution is 2.15. The zero-order chi connectivity index (χ0) is 11.6. The third-order valence-corrected chi connectivity index (χ3v) is 2.36. The third-order valence-electron chi connectivity index (χ3n) is 2.36. The molecule has 0 aliphatic rings. The Morgan fingerprint density at radius 2 is 1.94 bits per heavy atom. The van der Waals surface area contributed by atoms with Gasteiger partial charge >= 0.3 is 0 Å². The van der Waals surface area contributed by atoms with Crippen LogP contribution in [0.4, 0.5) is 0 Å². The summed E-state index contributed by atoms with van der Waals surface area (Å²) in [7, 11) is 1.69. The number of methoxy groups -OCH3 is 1. The lowest BCUT2D eigenvalue weighted by Crippen LogP contribution is -2.24. The van der Waals surface area contributed by atoms with Crippen molar-refractivity contribution in [2.75, 3.05) is 33.4 Å². The minimum absolute atomic E-state index is 0.108. The first-order chi connectivity index (χ1) is 7.88. The van der Waals surface area contributed by atoms with Crippen molar-refractivity contribution in [1.82, 2.24) is 5.32 Å². The first-order valence-electron chi connectivity index (χ1n) is 5.74. The molecule has 0 aliphatic heterocycles. The maximum Gasteiger partial charge on any atom is 0.0950 e. The average Bonchev–Trinajstić information content (AvgIpc) is 2.35. The van der Waals surface area contributed by atoms with Crippen LogP contribution in [0.5, 0.6) is 0 Å². The molecule has 0 fully saturated rings. The second-order valence-electron chi connectivity index (χ2n) is 3.57. The van der Waals surface area contributed by atoms with E-state index in [0.717, 1.165) is 13.1 Å². The first kappa shape index (κ1) is 13.2. The van der Waals surface area contributed by atoms with Gasteiger partial charge in [-0.3, -0.25) is 0 Å². The molecule has 0 aromatic heterocycles. The van der Waals surface area contributed by atoms with E-state index < -0.39 is 0 Å². The predicted molar refractivity (Wildman–Crippen MR) is 65.6 cm³/mol. The fraction of sp³-hybridized carbons (Fsp3) is 0.538. The molecule has 0 saturated carbocycles. The highest BCUT2D eigenvalue weighted by Gasteiger charge is 2.10. The Hall–Kier alpha value is -0.900. The summed E-state index contributed by atoms with van der Waals surface area (Å²) in [4.78, 5) is 0. The van der Waals surface area contributed by atoms with Gasteiger partial charge in [0.1, 0.15) is 0 Å². The van der Waals surface area contributed by atoms with Gasteiger partial charge in [0.15, 0.2) is 0 Å². The van der Waals surface area contributed by atoms with Gasteiger partial charge in [-0.2, -0.15) is 0 Å². The molecule has 0 aliphatic carbocycles. The van der Waals surface area contributed by atoms with Crippen LogP contribution >= 0.6 is 0 Å². The molecule has 16 heavy (non-hydrogen) atoms. The molecule has 1 unspecified atom stereocenters. The molecule has 0 bridgehead atoms. The molecular formula is C13H21NO2. The Morgan fingerprint density at radius 1 is 1.19 bits per heavy atom. The van der Waals surface area contributed by atoms with Crippen molar-refractivity contribution in [3.63, 3.8) is 0 Å². The van der Waals surface area contributed by atoms with Crippen LogP contribution in [-0.4, -0.2) is 33.4 Å². The molecule has 3 nitrogen and oxygen atoms in total. The van der Waals surface area contributed by atoms with E-state index >= 15 is 0 Å². The number of rotatable bonds is 8. The van der Waals surface area contributed by atoms with Crippen molar-refractivity contribution in [2.24, 2.45) is 0 Å². The molecular weight excluding hydrogens is 202 g/mol. The van der Waals surface area contributed by atoms with Crippen molar-refractivity contribution in [2.45, 2.75) is 13.0 Å². The quantitative estimate of drug-likeness (QED) is 0.684. The highest BCUT2D eigenvalue weighted by molar-refractivity contribution is 5.17. The Bertz CT molecular complexity index is 264. The summed E-state index contributed by atoms with van der Waals surface area (Å²) in [5, 5.41) is 3.31. The summed E-state index contributed by atoms with van der Waals surface area (Å²) in [6, 6.07) is 10.3. The Balaban J connectivity index is 2.49. The van der Waals surface area contributed by atoms with Crippen LogP contribution in [0.3, 0.4) is 0 Å². The molecule has 1 rings (SSSR count). The minimum atomic E-state index is 0.108. The topological polar surface area (TPSA) is 30.5 Å². The van der Waals surface area contributed by atoms with Crippen LogP contribution in [0.25, 0.3) is 0 Å². The monoisotopic (exact) mass is 223 g/mol. The second kappa shape index (κ2) is 8.28. The van der Waals surface area contributed by atoms with Gasteiger partial charge in [0.25, 0.3) is 0 Å². The molecule has 0 spiro atoms. The summed E-state index contributed by atoms with van der Waals surface area (Å²) in [5.41, 5.74) is 1.21. The summed E-state index contributed by atoms with van der Waals surface area (Å²) in [5.74, 6) is 0. The van der Waals surface area contributed by atoms with Crippen molar-refractivity contribution >= 4 is 0 Å². The van der Waals surface area contributed by atoms with Crippen molar-refractivity contribution in [1.29, 1.82) is 0 Å². The summed E-state index contributed by atoms with van der Waals surface area (Å²) < 4.78 is 10.8. The van der Waals surface area contributed by atoms with Gasteiger partial charge < -0.3 is 14.8 Å². The van der Waals surface area contributed by atoms with Crippen molar-refractivity contribution in [3.8, 4) is 0 Å². The fourth-order valence-corrected chi connectivity index (χ4v) is 1.49. The van der Waals surface area contributed by atoms with Gasteiger partial charge in [-0.05, 0) is 12.1 Å². The van der Waals surface area contributed by atoms with Gasteiger partial charge in [-0.1, -0.05) is 37.3 Å². The number of benzene rings is 1. The third kappa shape index (κ3) is 4.75. The van der Waals surface area contributed by atoms with Crippen molar-refractivity contribution < 1.29 is 9.47 Å². The SMILES string of the molecule is CCNCC(OCCOC)c1ccccc1. The van der Waals surface area contributed by atoms with Crippen LogP contribution in [0, 0.1) is 0 Å². The van der Waals surface area contributed by atoms with Gasteiger partial charge in [-0.25, -0.2) is 0 Å². The first-order valence-corrected chi connectivity index (χ1v) is 5.74. The largest absolute Gasteiger partial charge is 0.382 e. The molecule has 0 radical (unpaired) electrons. The van der Waals surface area contributed by atoms with Gasteiger partial charge in [0.2, 0.25) is 0 Å². The van der Waals surface area contributed by atoms with E-state index in [0.29, 0.717) is 13.2 Å². The zero-order valence-corrected chi connectivity index (χ0v) is 10.1. The molecule has 1 aromatic rings. The predicted octanol–water partition coefficient (Wildman–Crippen LogP) is 2.00. The van der Waals surface area contributed by atoms with E-state index in [1.165, 1.54) is 5.56 Å². The molecule has 0 saturated heterocycles. The zero-order valence-electron chi connectivity index (χ0n) is 10.1. The molecule has 1 atom stereocenters. The van der Waals surface area contributed by atoms with Gasteiger partial charge in [-0.15, -0.1) is 0 Å². The van der Waals surface area contributed by atoms with E-state index in [1.54, 1.807) is 7.11 Å². The van der Waals surface area contributed by atoms with E-state index in [2.05, 4.69) is 24.4 Å². The number of nitrogens with one attached hydrogen (secondary N) is 1. The van der Waals surface area contributed by atoms with Crippen LogP contribution in [0.1, 0.15) is 18.6 Å². The summed E-state index contributed by atoms with van der Waals surface area (Å²) in [6.45, 7) is 5.15. The number of hydrogen-bond donors (Lipinski definition) is 1. The highest BCUT2D eigenvalue weighted by atomic mass is 16.5. The minimum Gasteiger partial charge on any atom is -0.382 e. The fourth-order valence-electron chi connectivity index (χ4n) is 1.49. The molecule has 0 heterocycles. The number of hydrogen-bond acceptors (Lipinski definition) is 3. The normalized spacial score (nSPS) is 12.6. The van der Waals surface area contributed by atoms with E-state index in [-0.39, 0.29) is 6.10 Å². The average molecular weight is 223 g/mol. The van der Waals surface area contributed by atoms with E-state index in [9.17, 15) is 0 Å². The lowest BCUT2D eigenvalue weighted by atomic mass is 10.1. The number of ether oxygens (including phenoxy) is 2. The Kier molecular flexibility index (Phi) is 6.81. The smallest absolute Gasteiger partial charge is 0.0950 e.